The smallest absolute Gasteiger partial charge is 0.204 e. The topological polar surface area (TPSA) is 108 Å². The van der Waals surface area contributed by atoms with Crippen molar-refractivity contribution in [2.75, 3.05) is 27.8 Å². The number of phenolic OH excluding ortho intramolecular Hbond substituents is 2. The van der Waals surface area contributed by atoms with Crippen LogP contribution in [0.4, 0.5) is 0 Å². The molecule has 2 N–H and O–H groups in total. The molecule has 132 valence electrons. The number of fused-ring (bicyclic) bond motifs is 2. The second kappa shape index (κ2) is 6.88. The molecule has 0 saturated heterocycles. The number of phenols is 2. The lowest BCUT2D eigenvalue weighted by Gasteiger charge is -2.12. The average molecular weight is 348 g/mol. The molecule has 0 aliphatic rings. The zero-order valence-corrected chi connectivity index (χ0v) is 13.6. The highest BCUT2D eigenvalue weighted by Crippen LogP contribution is 2.37. The maximum absolute atomic E-state index is 12.8. The van der Waals surface area contributed by atoms with Crippen molar-refractivity contribution in [3.05, 3.63) is 34.5 Å². The number of benzene rings is 2. The number of ether oxygens (including phenoxy) is 4. The van der Waals surface area contributed by atoms with E-state index in [0.29, 0.717) is 5.75 Å². The molecule has 2 aromatic carbocycles. The lowest BCUT2D eigenvalue weighted by Crippen LogP contribution is -2.08. The molecule has 0 aliphatic heterocycles. The zero-order valence-electron chi connectivity index (χ0n) is 13.6. The van der Waals surface area contributed by atoms with Crippen molar-refractivity contribution in [2.45, 2.75) is 0 Å². The molecule has 0 aliphatic carbocycles. The normalized spacial score (nSPS) is 11.1. The fourth-order valence-corrected chi connectivity index (χ4v) is 2.40. The number of aromatic hydroxyl groups is 2. The Balaban J connectivity index is 2.32. The molecule has 0 unspecified atom stereocenters. The van der Waals surface area contributed by atoms with Gasteiger partial charge in [-0.2, -0.15) is 0 Å². The van der Waals surface area contributed by atoms with Crippen LogP contribution in [0.1, 0.15) is 0 Å². The van der Waals surface area contributed by atoms with E-state index < -0.39 is 16.9 Å². The van der Waals surface area contributed by atoms with E-state index in [4.69, 9.17) is 23.4 Å². The predicted molar refractivity (Wildman–Crippen MR) is 88.3 cm³/mol. The van der Waals surface area contributed by atoms with Gasteiger partial charge in [0.2, 0.25) is 11.2 Å². The Hall–Kier alpha value is -2.97. The van der Waals surface area contributed by atoms with E-state index in [1.807, 2.05) is 0 Å². The molecule has 1 aromatic heterocycles. The standard InChI is InChI=1S/C17H16O8/c1-21-7-23-9-5-12(24-8-22-2)14-13(6-9)25-17-10(15(14)19)3-4-11(18)16(17)20/h3-6,18,20H,7-8H2,1-2H3. The molecule has 8 heteroatoms. The van der Waals surface area contributed by atoms with Crippen molar-refractivity contribution in [2.24, 2.45) is 0 Å². The summed E-state index contributed by atoms with van der Waals surface area (Å²) in [6.07, 6.45) is 0. The van der Waals surface area contributed by atoms with Crippen LogP contribution in [0.15, 0.2) is 33.5 Å². The molecule has 8 nitrogen and oxygen atoms in total. The van der Waals surface area contributed by atoms with Crippen LogP contribution in [0.5, 0.6) is 23.0 Å². The second-order valence-electron chi connectivity index (χ2n) is 5.14. The first-order valence-corrected chi connectivity index (χ1v) is 7.25. The number of hydrogen-bond donors (Lipinski definition) is 2. The van der Waals surface area contributed by atoms with Crippen molar-refractivity contribution in [3.63, 3.8) is 0 Å². The highest BCUT2D eigenvalue weighted by atomic mass is 16.7. The van der Waals surface area contributed by atoms with Crippen molar-refractivity contribution in [1.29, 1.82) is 0 Å². The van der Waals surface area contributed by atoms with Crippen LogP contribution in [-0.4, -0.2) is 38.0 Å². The Morgan fingerprint density at radius 1 is 1.04 bits per heavy atom. The molecule has 0 radical (unpaired) electrons. The third kappa shape index (κ3) is 3.04. The van der Waals surface area contributed by atoms with Gasteiger partial charge in [-0.3, -0.25) is 4.79 Å². The highest BCUT2D eigenvalue weighted by molar-refractivity contribution is 5.96. The van der Waals surface area contributed by atoms with Gasteiger partial charge < -0.3 is 33.6 Å². The van der Waals surface area contributed by atoms with Gasteiger partial charge in [-0.25, -0.2) is 0 Å². The van der Waals surface area contributed by atoms with Gasteiger partial charge in [-0.1, -0.05) is 0 Å². The summed E-state index contributed by atoms with van der Waals surface area (Å²) in [7, 11) is 2.92. The maximum atomic E-state index is 12.8. The van der Waals surface area contributed by atoms with E-state index in [9.17, 15) is 15.0 Å². The second-order valence-corrected chi connectivity index (χ2v) is 5.14. The van der Waals surface area contributed by atoms with Crippen LogP contribution in [0.2, 0.25) is 0 Å². The summed E-state index contributed by atoms with van der Waals surface area (Å²) in [6.45, 7) is -0.0970. The molecule has 0 amide bonds. The van der Waals surface area contributed by atoms with Gasteiger partial charge in [0.25, 0.3) is 0 Å². The Morgan fingerprint density at radius 2 is 1.76 bits per heavy atom. The minimum atomic E-state index is -0.515. The van der Waals surface area contributed by atoms with Crippen LogP contribution in [0.3, 0.4) is 0 Å². The first-order chi connectivity index (χ1) is 12.1. The molecule has 0 spiro atoms. The van der Waals surface area contributed by atoms with Gasteiger partial charge in [0.15, 0.2) is 24.9 Å². The third-order valence-electron chi connectivity index (χ3n) is 3.51. The van der Waals surface area contributed by atoms with Crippen LogP contribution in [0, 0.1) is 0 Å². The van der Waals surface area contributed by atoms with Gasteiger partial charge in [0, 0.05) is 26.4 Å². The van der Waals surface area contributed by atoms with Crippen molar-refractivity contribution in [1.82, 2.24) is 0 Å². The predicted octanol–water partition coefficient (Wildman–Crippen LogP) is 2.32. The molecule has 0 bridgehead atoms. The molecule has 0 atom stereocenters. The molecule has 0 saturated carbocycles. The van der Waals surface area contributed by atoms with Crippen LogP contribution in [-0.2, 0) is 9.47 Å². The van der Waals surface area contributed by atoms with Gasteiger partial charge in [0.05, 0.1) is 5.39 Å². The maximum Gasteiger partial charge on any atom is 0.204 e. The Bertz CT molecular complexity index is 976. The first kappa shape index (κ1) is 16.9. The van der Waals surface area contributed by atoms with E-state index in [0.717, 1.165) is 0 Å². The summed E-state index contributed by atoms with van der Waals surface area (Å²) < 4.78 is 26.2. The summed E-state index contributed by atoms with van der Waals surface area (Å²) in [5, 5.41) is 19.9. The van der Waals surface area contributed by atoms with E-state index in [-0.39, 0.29) is 41.3 Å². The summed E-state index contributed by atoms with van der Waals surface area (Å²) in [6, 6.07) is 5.57. The van der Waals surface area contributed by atoms with E-state index in [1.165, 1.54) is 38.5 Å². The van der Waals surface area contributed by atoms with Crippen molar-refractivity contribution >= 4 is 21.9 Å². The summed E-state index contributed by atoms with van der Waals surface area (Å²) in [5.74, 6) is -0.368. The minimum absolute atomic E-state index is 0.0148. The van der Waals surface area contributed by atoms with E-state index >= 15 is 0 Å². The monoisotopic (exact) mass is 348 g/mol. The van der Waals surface area contributed by atoms with E-state index in [1.54, 1.807) is 0 Å². The number of hydrogen-bond acceptors (Lipinski definition) is 8. The molecular formula is C17H16O8. The largest absolute Gasteiger partial charge is 0.504 e. The minimum Gasteiger partial charge on any atom is -0.504 e. The van der Waals surface area contributed by atoms with Crippen molar-refractivity contribution < 1.29 is 33.6 Å². The summed E-state index contributed by atoms with van der Waals surface area (Å²) in [4.78, 5) is 12.8. The summed E-state index contributed by atoms with van der Waals surface area (Å²) >= 11 is 0. The summed E-state index contributed by atoms with van der Waals surface area (Å²) in [5.41, 5.74) is -0.423. The molecule has 1 heterocycles. The number of rotatable bonds is 6. The van der Waals surface area contributed by atoms with Gasteiger partial charge in [-0.05, 0) is 12.1 Å². The average Bonchev–Trinajstić information content (AvgIpc) is 2.61. The van der Waals surface area contributed by atoms with Gasteiger partial charge in [-0.15, -0.1) is 0 Å². The zero-order chi connectivity index (χ0) is 18.0. The molecule has 25 heavy (non-hydrogen) atoms. The molecule has 3 aromatic rings. The number of methoxy groups -OCH3 is 2. The lowest BCUT2D eigenvalue weighted by molar-refractivity contribution is 0.0467. The first-order valence-electron chi connectivity index (χ1n) is 7.25. The Kier molecular flexibility index (Phi) is 4.64. The van der Waals surface area contributed by atoms with Gasteiger partial charge >= 0.3 is 0 Å². The van der Waals surface area contributed by atoms with Crippen LogP contribution in [0.25, 0.3) is 21.9 Å². The lowest BCUT2D eigenvalue weighted by atomic mass is 10.1. The van der Waals surface area contributed by atoms with Crippen LogP contribution < -0.4 is 14.9 Å². The fourth-order valence-electron chi connectivity index (χ4n) is 2.40. The van der Waals surface area contributed by atoms with Crippen LogP contribution >= 0.6 is 0 Å². The molecule has 3 rings (SSSR count). The SMILES string of the molecule is COCOc1cc(OCOC)c2c(=O)c3ccc(O)c(O)c3oc2c1. The molecule has 0 fully saturated rings. The third-order valence-corrected chi connectivity index (χ3v) is 3.51. The fraction of sp³-hybridized carbons (Fsp3) is 0.235. The van der Waals surface area contributed by atoms with E-state index in [2.05, 4.69) is 0 Å². The quantitative estimate of drug-likeness (QED) is 0.397. The molecular weight excluding hydrogens is 332 g/mol. The Morgan fingerprint density at radius 3 is 2.48 bits per heavy atom. The van der Waals surface area contributed by atoms with Gasteiger partial charge in [0.1, 0.15) is 22.5 Å². The Labute approximate surface area is 141 Å². The van der Waals surface area contributed by atoms with Crippen molar-refractivity contribution in [3.8, 4) is 23.0 Å². The highest BCUT2D eigenvalue weighted by Gasteiger charge is 2.18.